The number of nitrogens with zero attached hydrogens (tertiary/aromatic N) is 4. The molecule has 0 atom stereocenters. The van der Waals surface area contributed by atoms with Gasteiger partial charge in [-0.25, -0.2) is 9.97 Å². The zero-order valence-corrected chi connectivity index (χ0v) is 11.7. The SMILES string of the molecule is Cn1ncc2c(NCCOC3CCNCC3)ncnc21. The van der Waals surface area contributed by atoms with E-state index in [4.69, 9.17) is 4.74 Å². The highest BCUT2D eigenvalue weighted by Gasteiger charge is 2.13. The van der Waals surface area contributed by atoms with Crippen LogP contribution >= 0.6 is 0 Å². The van der Waals surface area contributed by atoms with Crippen molar-refractivity contribution >= 4 is 16.9 Å². The summed E-state index contributed by atoms with van der Waals surface area (Å²) in [5.41, 5.74) is 0.835. The van der Waals surface area contributed by atoms with Gasteiger partial charge in [-0.15, -0.1) is 0 Å². The fraction of sp³-hybridized carbons (Fsp3) is 0.615. The molecule has 0 saturated carbocycles. The van der Waals surface area contributed by atoms with Gasteiger partial charge >= 0.3 is 0 Å². The summed E-state index contributed by atoms with van der Waals surface area (Å²) in [4.78, 5) is 8.48. The van der Waals surface area contributed by atoms with Crippen LogP contribution in [-0.4, -0.2) is 52.1 Å². The number of rotatable bonds is 5. The summed E-state index contributed by atoms with van der Waals surface area (Å²) in [6.07, 6.45) is 5.92. The van der Waals surface area contributed by atoms with Gasteiger partial charge < -0.3 is 15.4 Å². The van der Waals surface area contributed by atoms with E-state index in [0.29, 0.717) is 12.7 Å². The first-order valence-corrected chi connectivity index (χ1v) is 7.03. The van der Waals surface area contributed by atoms with E-state index < -0.39 is 0 Å². The molecular weight excluding hydrogens is 256 g/mol. The molecule has 0 amide bonds. The average Bonchev–Trinajstić information content (AvgIpc) is 2.87. The van der Waals surface area contributed by atoms with Crippen molar-refractivity contribution in [2.24, 2.45) is 7.05 Å². The van der Waals surface area contributed by atoms with Crippen LogP contribution in [0.2, 0.25) is 0 Å². The normalized spacial score (nSPS) is 16.6. The number of fused-ring (bicyclic) bond motifs is 1. The van der Waals surface area contributed by atoms with Crippen LogP contribution in [0.15, 0.2) is 12.5 Å². The lowest BCUT2D eigenvalue weighted by molar-refractivity contribution is 0.0394. The van der Waals surface area contributed by atoms with Gasteiger partial charge in [-0.05, 0) is 25.9 Å². The smallest absolute Gasteiger partial charge is 0.163 e. The monoisotopic (exact) mass is 276 g/mol. The minimum atomic E-state index is 0.391. The Balaban J connectivity index is 1.52. The van der Waals surface area contributed by atoms with Crippen LogP contribution in [0.3, 0.4) is 0 Å². The Kier molecular flexibility index (Phi) is 4.08. The third kappa shape index (κ3) is 2.88. The summed E-state index contributed by atoms with van der Waals surface area (Å²) in [7, 11) is 1.87. The van der Waals surface area contributed by atoms with Gasteiger partial charge in [0.05, 0.1) is 24.3 Å². The molecule has 3 heterocycles. The van der Waals surface area contributed by atoms with Gasteiger partial charge in [0.2, 0.25) is 0 Å². The standard InChI is InChI=1S/C13H20N6O/c1-19-13-11(8-18-19)12(16-9-17-13)15-6-7-20-10-2-4-14-5-3-10/h8-10,14H,2-7H2,1H3,(H,15,16,17). The molecule has 20 heavy (non-hydrogen) atoms. The number of anilines is 1. The minimum Gasteiger partial charge on any atom is -0.376 e. The zero-order chi connectivity index (χ0) is 13.8. The predicted molar refractivity (Wildman–Crippen MR) is 76.6 cm³/mol. The number of aryl methyl sites for hydroxylation is 1. The van der Waals surface area contributed by atoms with Crippen LogP contribution in [0.1, 0.15) is 12.8 Å². The lowest BCUT2D eigenvalue weighted by Gasteiger charge is -2.23. The van der Waals surface area contributed by atoms with Gasteiger partial charge in [0.25, 0.3) is 0 Å². The molecule has 2 aromatic rings. The molecule has 1 saturated heterocycles. The Morgan fingerprint density at radius 3 is 3.10 bits per heavy atom. The Bertz CT molecular complexity index is 563. The second-order valence-corrected chi connectivity index (χ2v) is 4.97. The zero-order valence-electron chi connectivity index (χ0n) is 11.7. The van der Waals surface area contributed by atoms with Crippen molar-refractivity contribution in [3.8, 4) is 0 Å². The largest absolute Gasteiger partial charge is 0.376 e. The van der Waals surface area contributed by atoms with Gasteiger partial charge in [-0.3, -0.25) is 4.68 Å². The number of aromatic nitrogens is 4. The number of hydrogen-bond donors (Lipinski definition) is 2. The molecule has 7 heteroatoms. The summed E-state index contributed by atoms with van der Waals surface area (Å²) in [6.45, 7) is 3.54. The van der Waals surface area contributed by atoms with Crippen LogP contribution in [-0.2, 0) is 11.8 Å². The van der Waals surface area contributed by atoms with E-state index in [2.05, 4.69) is 25.7 Å². The van der Waals surface area contributed by atoms with Crippen molar-refractivity contribution in [2.75, 3.05) is 31.6 Å². The van der Waals surface area contributed by atoms with Crippen LogP contribution < -0.4 is 10.6 Å². The third-order valence-corrected chi connectivity index (χ3v) is 3.56. The maximum absolute atomic E-state index is 5.86. The molecule has 0 bridgehead atoms. The molecule has 2 aromatic heterocycles. The minimum absolute atomic E-state index is 0.391. The molecule has 0 radical (unpaired) electrons. The molecule has 0 aliphatic carbocycles. The van der Waals surface area contributed by atoms with Gasteiger partial charge in [0.1, 0.15) is 12.1 Å². The Labute approximate surface area is 117 Å². The molecule has 0 aromatic carbocycles. The second-order valence-electron chi connectivity index (χ2n) is 4.97. The molecule has 1 aliphatic heterocycles. The van der Waals surface area contributed by atoms with E-state index in [-0.39, 0.29) is 0 Å². The maximum atomic E-state index is 5.86. The summed E-state index contributed by atoms with van der Waals surface area (Å²) in [6, 6.07) is 0. The lowest BCUT2D eigenvalue weighted by atomic mass is 10.1. The van der Waals surface area contributed by atoms with E-state index in [1.165, 1.54) is 0 Å². The molecule has 1 fully saturated rings. The third-order valence-electron chi connectivity index (χ3n) is 3.56. The topological polar surface area (TPSA) is 76.9 Å². The first-order valence-electron chi connectivity index (χ1n) is 7.03. The molecule has 0 spiro atoms. The second kappa shape index (κ2) is 6.15. The van der Waals surface area contributed by atoms with Gasteiger partial charge in [-0.2, -0.15) is 5.10 Å². The molecular formula is C13H20N6O. The highest BCUT2D eigenvalue weighted by Crippen LogP contribution is 2.17. The number of piperidine rings is 1. The maximum Gasteiger partial charge on any atom is 0.163 e. The van der Waals surface area contributed by atoms with Gasteiger partial charge in [-0.1, -0.05) is 0 Å². The number of hydrogen-bond acceptors (Lipinski definition) is 6. The van der Waals surface area contributed by atoms with Gasteiger partial charge in [0.15, 0.2) is 5.65 Å². The number of nitrogens with one attached hydrogen (secondary N) is 2. The Morgan fingerprint density at radius 1 is 1.40 bits per heavy atom. The Morgan fingerprint density at radius 2 is 2.25 bits per heavy atom. The van der Waals surface area contributed by atoms with Gasteiger partial charge in [0, 0.05) is 13.6 Å². The molecule has 7 nitrogen and oxygen atoms in total. The van der Waals surface area contributed by atoms with Crippen molar-refractivity contribution in [3.05, 3.63) is 12.5 Å². The lowest BCUT2D eigenvalue weighted by Crippen LogP contribution is -2.33. The van der Waals surface area contributed by atoms with E-state index in [1.54, 1.807) is 17.2 Å². The summed E-state index contributed by atoms with van der Waals surface area (Å²) in [5.74, 6) is 0.817. The quantitative estimate of drug-likeness (QED) is 0.776. The fourth-order valence-electron chi connectivity index (χ4n) is 2.46. The van der Waals surface area contributed by atoms with E-state index in [0.717, 1.165) is 49.3 Å². The molecule has 3 rings (SSSR count). The molecule has 2 N–H and O–H groups in total. The highest BCUT2D eigenvalue weighted by molar-refractivity contribution is 5.85. The predicted octanol–water partition coefficient (Wildman–Crippen LogP) is 0.544. The highest BCUT2D eigenvalue weighted by atomic mass is 16.5. The summed E-state index contributed by atoms with van der Waals surface area (Å²) < 4.78 is 7.60. The fourth-order valence-corrected chi connectivity index (χ4v) is 2.46. The van der Waals surface area contributed by atoms with Crippen molar-refractivity contribution in [3.63, 3.8) is 0 Å². The Hall–Kier alpha value is -1.73. The molecule has 0 unspecified atom stereocenters. The van der Waals surface area contributed by atoms with Crippen LogP contribution in [0, 0.1) is 0 Å². The first-order chi connectivity index (χ1) is 9.84. The number of ether oxygens (including phenoxy) is 1. The average molecular weight is 276 g/mol. The summed E-state index contributed by atoms with van der Waals surface area (Å²) in [5, 5.41) is 11.8. The van der Waals surface area contributed by atoms with Crippen LogP contribution in [0.25, 0.3) is 11.0 Å². The van der Waals surface area contributed by atoms with Crippen LogP contribution in [0.5, 0.6) is 0 Å². The van der Waals surface area contributed by atoms with E-state index in [9.17, 15) is 0 Å². The summed E-state index contributed by atoms with van der Waals surface area (Å²) >= 11 is 0. The van der Waals surface area contributed by atoms with Crippen molar-refractivity contribution in [1.29, 1.82) is 0 Å². The molecule has 108 valence electrons. The van der Waals surface area contributed by atoms with E-state index >= 15 is 0 Å². The van der Waals surface area contributed by atoms with Crippen molar-refractivity contribution in [2.45, 2.75) is 18.9 Å². The molecule has 1 aliphatic rings. The van der Waals surface area contributed by atoms with E-state index in [1.807, 2.05) is 7.05 Å². The van der Waals surface area contributed by atoms with Crippen LogP contribution in [0.4, 0.5) is 5.82 Å². The van der Waals surface area contributed by atoms with Crippen molar-refractivity contribution in [1.82, 2.24) is 25.1 Å². The van der Waals surface area contributed by atoms with Crippen molar-refractivity contribution < 1.29 is 4.74 Å². The first kappa shape index (κ1) is 13.3.